The van der Waals surface area contributed by atoms with Crippen LogP contribution in [-0.4, -0.2) is 17.9 Å². The first kappa shape index (κ1) is 14.7. The Labute approximate surface area is 109 Å². The molecule has 0 heterocycles. The van der Waals surface area contributed by atoms with Gasteiger partial charge in [-0.1, -0.05) is 32.9 Å². The van der Waals surface area contributed by atoms with Crippen molar-refractivity contribution in [1.82, 2.24) is 0 Å². The molecule has 3 nitrogen and oxygen atoms in total. The van der Waals surface area contributed by atoms with Gasteiger partial charge in [0.2, 0.25) is 0 Å². The summed E-state index contributed by atoms with van der Waals surface area (Å²) in [6, 6.07) is 6.73. The third kappa shape index (κ3) is 3.57. The van der Waals surface area contributed by atoms with Crippen LogP contribution in [0.4, 0.5) is 0 Å². The molecule has 3 heteroatoms. The minimum Gasteiger partial charge on any atom is -0.490 e. The normalized spacial score (nSPS) is 13.5. The second-order valence-corrected chi connectivity index (χ2v) is 5.87. The number of ketones is 1. The van der Waals surface area contributed by atoms with Crippen molar-refractivity contribution in [2.75, 3.05) is 0 Å². The largest absolute Gasteiger partial charge is 0.490 e. The quantitative estimate of drug-likeness (QED) is 0.834. The summed E-state index contributed by atoms with van der Waals surface area (Å²) in [4.78, 5) is 12.4. The SMILES string of the molecule is CC(C)Oc1ccccc1C(=O)C(N)C(C)(C)C. The van der Waals surface area contributed by atoms with Crippen molar-refractivity contribution < 1.29 is 9.53 Å². The molecule has 0 aliphatic rings. The van der Waals surface area contributed by atoms with E-state index < -0.39 is 6.04 Å². The number of benzene rings is 1. The highest BCUT2D eigenvalue weighted by atomic mass is 16.5. The Kier molecular flexibility index (Phi) is 4.52. The molecule has 1 aromatic carbocycles. The van der Waals surface area contributed by atoms with Crippen molar-refractivity contribution in [3.8, 4) is 5.75 Å². The molecule has 0 saturated carbocycles. The van der Waals surface area contributed by atoms with Gasteiger partial charge in [0.25, 0.3) is 0 Å². The molecule has 1 rings (SSSR count). The average Bonchev–Trinajstić information content (AvgIpc) is 2.26. The molecule has 0 saturated heterocycles. The van der Waals surface area contributed by atoms with Gasteiger partial charge < -0.3 is 10.5 Å². The fraction of sp³-hybridized carbons (Fsp3) is 0.533. The van der Waals surface area contributed by atoms with E-state index in [-0.39, 0.29) is 17.3 Å². The van der Waals surface area contributed by atoms with Gasteiger partial charge in [-0.15, -0.1) is 0 Å². The predicted molar refractivity (Wildman–Crippen MR) is 74.0 cm³/mol. The molecule has 1 unspecified atom stereocenters. The van der Waals surface area contributed by atoms with Gasteiger partial charge in [-0.3, -0.25) is 4.79 Å². The van der Waals surface area contributed by atoms with E-state index in [1.807, 2.05) is 52.8 Å². The van der Waals surface area contributed by atoms with Crippen LogP contribution in [0.25, 0.3) is 0 Å². The Hall–Kier alpha value is -1.35. The molecule has 100 valence electrons. The molecule has 1 atom stereocenters. The minimum absolute atomic E-state index is 0.0322. The van der Waals surface area contributed by atoms with Crippen LogP contribution in [0.3, 0.4) is 0 Å². The molecule has 0 aromatic heterocycles. The van der Waals surface area contributed by atoms with Crippen LogP contribution in [0.15, 0.2) is 24.3 Å². The molecule has 1 aromatic rings. The van der Waals surface area contributed by atoms with Crippen LogP contribution in [0.2, 0.25) is 0 Å². The Morgan fingerprint density at radius 1 is 1.22 bits per heavy atom. The van der Waals surface area contributed by atoms with Crippen LogP contribution in [-0.2, 0) is 0 Å². The summed E-state index contributed by atoms with van der Waals surface area (Å²) in [5, 5.41) is 0. The molecule has 18 heavy (non-hydrogen) atoms. The zero-order valence-corrected chi connectivity index (χ0v) is 11.9. The first-order valence-corrected chi connectivity index (χ1v) is 6.29. The lowest BCUT2D eigenvalue weighted by atomic mass is 9.83. The summed E-state index contributed by atoms with van der Waals surface area (Å²) in [7, 11) is 0. The monoisotopic (exact) mass is 249 g/mol. The summed E-state index contributed by atoms with van der Waals surface area (Å²) >= 11 is 0. The number of rotatable bonds is 4. The van der Waals surface area contributed by atoms with Gasteiger partial charge in [-0.2, -0.15) is 0 Å². The molecule has 2 N–H and O–H groups in total. The third-order valence-corrected chi connectivity index (χ3v) is 2.73. The van der Waals surface area contributed by atoms with Gasteiger partial charge in [0.15, 0.2) is 5.78 Å². The fourth-order valence-corrected chi connectivity index (χ4v) is 1.59. The lowest BCUT2D eigenvalue weighted by Gasteiger charge is -2.26. The lowest BCUT2D eigenvalue weighted by molar-refractivity contribution is 0.0895. The van der Waals surface area contributed by atoms with Crippen molar-refractivity contribution >= 4 is 5.78 Å². The molecule has 0 spiro atoms. The molecule has 0 amide bonds. The second kappa shape index (κ2) is 5.53. The van der Waals surface area contributed by atoms with Crippen LogP contribution >= 0.6 is 0 Å². The van der Waals surface area contributed by atoms with Crippen molar-refractivity contribution in [3.05, 3.63) is 29.8 Å². The van der Waals surface area contributed by atoms with Gasteiger partial charge in [0.05, 0.1) is 17.7 Å². The number of hydrogen-bond acceptors (Lipinski definition) is 3. The van der Waals surface area contributed by atoms with Crippen molar-refractivity contribution in [1.29, 1.82) is 0 Å². The van der Waals surface area contributed by atoms with Crippen LogP contribution in [0, 0.1) is 5.41 Å². The number of nitrogens with two attached hydrogens (primary N) is 1. The zero-order valence-electron chi connectivity index (χ0n) is 11.9. The number of para-hydroxylation sites is 1. The molecule has 0 aliphatic heterocycles. The van der Waals surface area contributed by atoms with E-state index in [2.05, 4.69) is 0 Å². The summed E-state index contributed by atoms with van der Waals surface area (Å²) in [6.07, 6.45) is 0.0322. The summed E-state index contributed by atoms with van der Waals surface area (Å²) in [6.45, 7) is 9.75. The van der Waals surface area contributed by atoms with Crippen LogP contribution < -0.4 is 10.5 Å². The fourth-order valence-electron chi connectivity index (χ4n) is 1.59. The van der Waals surface area contributed by atoms with E-state index in [4.69, 9.17) is 10.5 Å². The average molecular weight is 249 g/mol. The van der Waals surface area contributed by atoms with E-state index in [1.54, 1.807) is 6.07 Å². The molecule has 0 fully saturated rings. The summed E-state index contributed by atoms with van der Waals surface area (Å²) in [5.74, 6) is 0.538. The molecular weight excluding hydrogens is 226 g/mol. The first-order valence-electron chi connectivity index (χ1n) is 6.29. The van der Waals surface area contributed by atoms with Crippen molar-refractivity contribution in [2.24, 2.45) is 11.1 Å². The maximum absolute atomic E-state index is 12.4. The maximum atomic E-state index is 12.4. The van der Waals surface area contributed by atoms with E-state index in [1.165, 1.54) is 0 Å². The topological polar surface area (TPSA) is 52.3 Å². The van der Waals surface area contributed by atoms with E-state index >= 15 is 0 Å². The number of hydrogen-bond donors (Lipinski definition) is 1. The maximum Gasteiger partial charge on any atom is 0.183 e. The molecule has 0 radical (unpaired) electrons. The number of Topliss-reactive ketones (excluding diaryl/α,β-unsaturated/α-hetero) is 1. The molecule has 0 aliphatic carbocycles. The van der Waals surface area contributed by atoms with Gasteiger partial charge >= 0.3 is 0 Å². The van der Waals surface area contributed by atoms with Crippen molar-refractivity contribution in [2.45, 2.75) is 46.8 Å². The Morgan fingerprint density at radius 3 is 2.28 bits per heavy atom. The number of carbonyl (C=O) groups excluding carboxylic acids is 1. The smallest absolute Gasteiger partial charge is 0.183 e. The minimum atomic E-state index is -0.533. The van der Waals surface area contributed by atoms with Crippen LogP contribution in [0.1, 0.15) is 45.0 Å². The lowest BCUT2D eigenvalue weighted by Crippen LogP contribution is -2.42. The van der Waals surface area contributed by atoms with Gasteiger partial charge in [0.1, 0.15) is 5.75 Å². The highest BCUT2D eigenvalue weighted by molar-refractivity contribution is 6.02. The van der Waals surface area contributed by atoms with Gasteiger partial charge in [0, 0.05) is 0 Å². The number of carbonyl (C=O) groups is 1. The second-order valence-electron chi connectivity index (χ2n) is 5.87. The number of ether oxygens (including phenoxy) is 1. The predicted octanol–water partition coefficient (Wildman–Crippen LogP) is 3.03. The van der Waals surface area contributed by atoms with E-state index in [0.717, 1.165) is 0 Å². The first-order chi connectivity index (χ1) is 8.23. The molecular formula is C15H23NO2. The van der Waals surface area contributed by atoms with Gasteiger partial charge in [-0.25, -0.2) is 0 Å². The highest BCUT2D eigenvalue weighted by Gasteiger charge is 2.29. The Balaban J connectivity index is 3.06. The molecule has 0 bridgehead atoms. The van der Waals surface area contributed by atoms with E-state index in [0.29, 0.717) is 11.3 Å². The van der Waals surface area contributed by atoms with Crippen LogP contribution in [0.5, 0.6) is 5.75 Å². The zero-order chi connectivity index (χ0) is 13.9. The third-order valence-electron chi connectivity index (χ3n) is 2.73. The highest BCUT2D eigenvalue weighted by Crippen LogP contribution is 2.26. The standard InChI is InChI=1S/C15H23NO2/c1-10(2)18-12-9-7-6-8-11(12)13(17)14(16)15(3,4)5/h6-10,14H,16H2,1-5H3. The summed E-state index contributed by atoms with van der Waals surface area (Å²) < 4.78 is 5.65. The van der Waals surface area contributed by atoms with Gasteiger partial charge in [-0.05, 0) is 31.4 Å². The Morgan fingerprint density at radius 2 is 1.78 bits per heavy atom. The summed E-state index contributed by atoms with van der Waals surface area (Å²) in [5.41, 5.74) is 6.32. The van der Waals surface area contributed by atoms with Crippen molar-refractivity contribution in [3.63, 3.8) is 0 Å². The van der Waals surface area contributed by atoms with E-state index in [9.17, 15) is 4.79 Å². The Bertz CT molecular complexity index is 419.